The smallest absolute Gasteiger partial charge is 0.243 e. The van der Waals surface area contributed by atoms with Crippen LogP contribution < -0.4 is 9.62 Å². The third kappa shape index (κ3) is 6.08. The summed E-state index contributed by atoms with van der Waals surface area (Å²) in [6, 6.07) is 12.8. The molecule has 1 heterocycles. The monoisotopic (exact) mass is 443 g/mol. The Morgan fingerprint density at radius 1 is 1.03 bits per heavy atom. The van der Waals surface area contributed by atoms with E-state index in [1.807, 2.05) is 32.0 Å². The summed E-state index contributed by atoms with van der Waals surface area (Å²) in [4.78, 5) is 15.3. The molecule has 31 heavy (non-hydrogen) atoms. The van der Waals surface area contributed by atoms with Gasteiger partial charge in [0.2, 0.25) is 15.9 Å². The van der Waals surface area contributed by atoms with Gasteiger partial charge < -0.3 is 5.32 Å². The van der Waals surface area contributed by atoms with Crippen LogP contribution in [0.15, 0.2) is 42.5 Å². The lowest BCUT2D eigenvalue weighted by atomic mass is 10.1. The standard InChI is InChI=1S/C24H33N3O3S/c1-18-7-12-23(15-19(18)2)27(31(4,29)30)20(3)24(28)25-16-21-8-10-22(11-9-21)17-26-13-5-6-14-26/h7-12,15,20H,5-6,13-14,16-17H2,1-4H3,(H,25,28)/t20-/m0/s1. The normalized spacial score (nSPS) is 15.6. The van der Waals surface area contributed by atoms with Crippen LogP contribution in [0.2, 0.25) is 0 Å². The zero-order valence-electron chi connectivity index (χ0n) is 18.9. The van der Waals surface area contributed by atoms with E-state index in [1.54, 1.807) is 19.1 Å². The molecular weight excluding hydrogens is 410 g/mol. The third-order valence-electron chi connectivity index (χ3n) is 5.93. The lowest BCUT2D eigenvalue weighted by Crippen LogP contribution is -2.47. The van der Waals surface area contributed by atoms with Crippen LogP contribution in [0.5, 0.6) is 0 Å². The molecule has 0 spiro atoms. The van der Waals surface area contributed by atoms with Gasteiger partial charge in [-0.2, -0.15) is 0 Å². The molecule has 168 valence electrons. The van der Waals surface area contributed by atoms with Crippen LogP contribution in [0.25, 0.3) is 0 Å². The van der Waals surface area contributed by atoms with Crippen LogP contribution in [0, 0.1) is 13.8 Å². The van der Waals surface area contributed by atoms with Gasteiger partial charge in [0.1, 0.15) is 6.04 Å². The molecule has 0 aliphatic carbocycles. The first-order valence-electron chi connectivity index (χ1n) is 10.8. The second kappa shape index (κ2) is 9.83. The van der Waals surface area contributed by atoms with Gasteiger partial charge in [0.25, 0.3) is 0 Å². The minimum atomic E-state index is -3.62. The van der Waals surface area contributed by atoms with E-state index in [0.717, 1.165) is 42.6 Å². The van der Waals surface area contributed by atoms with Gasteiger partial charge in [-0.05, 0) is 81.1 Å². The first kappa shape index (κ1) is 23.3. The van der Waals surface area contributed by atoms with Crippen molar-refractivity contribution >= 4 is 21.6 Å². The molecule has 7 heteroatoms. The Morgan fingerprint density at radius 3 is 2.23 bits per heavy atom. The molecule has 0 saturated carbocycles. The number of carbonyl (C=O) groups excluding carboxylic acids is 1. The quantitative estimate of drug-likeness (QED) is 0.679. The number of rotatable bonds is 8. The highest BCUT2D eigenvalue weighted by molar-refractivity contribution is 7.92. The van der Waals surface area contributed by atoms with Crippen LogP contribution in [0.4, 0.5) is 5.69 Å². The highest BCUT2D eigenvalue weighted by Crippen LogP contribution is 2.24. The van der Waals surface area contributed by atoms with Gasteiger partial charge in [0.15, 0.2) is 0 Å². The minimum Gasteiger partial charge on any atom is -0.350 e. The Kier molecular flexibility index (Phi) is 7.38. The van der Waals surface area contributed by atoms with Gasteiger partial charge in [0.05, 0.1) is 11.9 Å². The second-order valence-corrected chi connectivity index (χ2v) is 10.4. The molecule has 1 amide bonds. The van der Waals surface area contributed by atoms with Gasteiger partial charge in [-0.3, -0.25) is 14.0 Å². The molecule has 2 aromatic rings. The van der Waals surface area contributed by atoms with Crippen molar-refractivity contribution in [2.24, 2.45) is 0 Å². The Bertz CT molecular complexity index is 1010. The number of carbonyl (C=O) groups is 1. The molecule has 1 aliphatic rings. The minimum absolute atomic E-state index is 0.329. The van der Waals surface area contributed by atoms with Crippen molar-refractivity contribution in [3.63, 3.8) is 0 Å². The zero-order valence-corrected chi connectivity index (χ0v) is 19.7. The predicted molar refractivity (Wildman–Crippen MR) is 126 cm³/mol. The first-order valence-corrected chi connectivity index (χ1v) is 12.6. The van der Waals surface area contributed by atoms with Crippen molar-refractivity contribution in [3.05, 3.63) is 64.7 Å². The highest BCUT2D eigenvalue weighted by Gasteiger charge is 2.29. The van der Waals surface area contributed by atoms with E-state index in [0.29, 0.717) is 12.2 Å². The fraction of sp³-hybridized carbons (Fsp3) is 0.458. The van der Waals surface area contributed by atoms with Gasteiger partial charge in [0, 0.05) is 13.1 Å². The number of aryl methyl sites for hydroxylation is 2. The molecular formula is C24H33N3O3S. The molecule has 3 rings (SSSR count). The molecule has 1 atom stereocenters. The van der Waals surface area contributed by atoms with E-state index in [-0.39, 0.29) is 5.91 Å². The average molecular weight is 444 g/mol. The van der Waals surface area contributed by atoms with Gasteiger partial charge in [-0.25, -0.2) is 8.42 Å². The molecule has 0 bridgehead atoms. The van der Waals surface area contributed by atoms with Crippen LogP contribution in [-0.2, 0) is 27.9 Å². The summed E-state index contributed by atoms with van der Waals surface area (Å²) in [7, 11) is -3.62. The van der Waals surface area contributed by atoms with E-state index in [2.05, 4.69) is 22.3 Å². The van der Waals surface area contributed by atoms with Crippen molar-refractivity contribution in [1.82, 2.24) is 10.2 Å². The van der Waals surface area contributed by atoms with Crippen LogP contribution in [0.1, 0.15) is 42.0 Å². The zero-order chi connectivity index (χ0) is 22.6. The molecule has 1 N–H and O–H groups in total. The van der Waals surface area contributed by atoms with Gasteiger partial charge in [-0.15, -0.1) is 0 Å². The number of benzene rings is 2. The van der Waals surface area contributed by atoms with Crippen molar-refractivity contribution < 1.29 is 13.2 Å². The largest absolute Gasteiger partial charge is 0.350 e. The van der Waals surface area contributed by atoms with Gasteiger partial charge in [-0.1, -0.05) is 30.3 Å². The number of anilines is 1. The number of nitrogens with one attached hydrogen (secondary N) is 1. The predicted octanol–water partition coefficient (Wildman–Crippen LogP) is 3.37. The summed E-state index contributed by atoms with van der Waals surface area (Å²) in [5.74, 6) is -0.329. The van der Waals surface area contributed by atoms with Crippen molar-refractivity contribution in [2.45, 2.75) is 52.7 Å². The molecule has 0 unspecified atom stereocenters. The number of nitrogens with zero attached hydrogens (tertiary/aromatic N) is 2. The third-order valence-corrected chi connectivity index (χ3v) is 7.17. The topological polar surface area (TPSA) is 69.7 Å². The summed E-state index contributed by atoms with van der Waals surface area (Å²) in [6.45, 7) is 9.15. The molecule has 1 saturated heterocycles. The Balaban J connectivity index is 1.64. The highest BCUT2D eigenvalue weighted by atomic mass is 32.2. The summed E-state index contributed by atoms with van der Waals surface area (Å²) < 4.78 is 26.1. The Labute approximate surface area is 186 Å². The maximum absolute atomic E-state index is 12.8. The van der Waals surface area contributed by atoms with Crippen LogP contribution in [0.3, 0.4) is 0 Å². The van der Waals surface area contributed by atoms with E-state index >= 15 is 0 Å². The molecule has 6 nitrogen and oxygen atoms in total. The summed E-state index contributed by atoms with van der Waals surface area (Å²) in [5.41, 5.74) is 4.81. The van der Waals surface area contributed by atoms with E-state index in [4.69, 9.17) is 0 Å². The van der Waals surface area contributed by atoms with Crippen molar-refractivity contribution in [3.8, 4) is 0 Å². The Hall–Kier alpha value is -2.38. The molecule has 0 radical (unpaired) electrons. The van der Waals surface area contributed by atoms with E-state index in [1.165, 1.54) is 22.7 Å². The summed E-state index contributed by atoms with van der Waals surface area (Å²) >= 11 is 0. The number of amides is 1. The average Bonchev–Trinajstić information content (AvgIpc) is 3.22. The van der Waals surface area contributed by atoms with Gasteiger partial charge >= 0.3 is 0 Å². The van der Waals surface area contributed by atoms with Crippen LogP contribution in [-0.4, -0.2) is 44.6 Å². The number of hydrogen-bond acceptors (Lipinski definition) is 4. The van der Waals surface area contributed by atoms with Crippen LogP contribution >= 0.6 is 0 Å². The fourth-order valence-electron chi connectivity index (χ4n) is 3.97. The van der Waals surface area contributed by atoms with Crippen molar-refractivity contribution in [1.29, 1.82) is 0 Å². The molecule has 2 aromatic carbocycles. The molecule has 1 aliphatic heterocycles. The number of sulfonamides is 1. The maximum Gasteiger partial charge on any atom is 0.243 e. The first-order chi connectivity index (χ1) is 14.6. The second-order valence-electron chi connectivity index (χ2n) is 8.52. The number of hydrogen-bond donors (Lipinski definition) is 1. The van der Waals surface area contributed by atoms with E-state index in [9.17, 15) is 13.2 Å². The number of likely N-dealkylation sites (tertiary alicyclic amines) is 1. The Morgan fingerprint density at radius 2 is 1.65 bits per heavy atom. The lowest BCUT2D eigenvalue weighted by Gasteiger charge is -2.28. The van der Waals surface area contributed by atoms with E-state index < -0.39 is 16.1 Å². The SMILES string of the molecule is Cc1ccc(N([C@@H](C)C(=O)NCc2ccc(CN3CCCC3)cc2)S(C)(=O)=O)cc1C. The fourth-order valence-corrected chi connectivity index (χ4v) is 5.14. The summed E-state index contributed by atoms with van der Waals surface area (Å²) in [5, 5.41) is 2.88. The molecule has 1 fully saturated rings. The summed E-state index contributed by atoms with van der Waals surface area (Å²) in [6.07, 6.45) is 3.68. The lowest BCUT2D eigenvalue weighted by molar-refractivity contribution is -0.122. The molecule has 0 aromatic heterocycles. The van der Waals surface area contributed by atoms with Crippen molar-refractivity contribution in [2.75, 3.05) is 23.7 Å². The maximum atomic E-state index is 12.8.